The van der Waals surface area contributed by atoms with Gasteiger partial charge >= 0.3 is 0 Å². The molecule has 0 aliphatic heterocycles. The van der Waals surface area contributed by atoms with Crippen LogP contribution in [0.3, 0.4) is 0 Å². The maximum absolute atomic E-state index is 8.24. The second kappa shape index (κ2) is 7.31. The molecule has 0 spiro atoms. The minimum atomic E-state index is -1.88. The van der Waals surface area contributed by atoms with Gasteiger partial charge in [-0.3, -0.25) is 5.41 Å². The Hall–Kier alpha value is -0.306. The molecule has 0 radical (unpaired) electrons. The zero-order chi connectivity index (χ0) is 17.1. The molecule has 0 unspecified atom stereocenters. The first-order valence-corrected chi connectivity index (χ1v) is 13.8. The van der Waals surface area contributed by atoms with Crippen molar-refractivity contribution in [1.29, 1.82) is 5.41 Å². The summed E-state index contributed by atoms with van der Waals surface area (Å²) in [6.07, 6.45) is -0.130. The van der Waals surface area contributed by atoms with E-state index in [9.17, 15) is 0 Å². The van der Waals surface area contributed by atoms with Crippen LogP contribution in [0.25, 0.3) is 0 Å². The van der Waals surface area contributed by atoms with Gasteiger partial charge in [0, 0.05) is 0 Å². The van der Waals surface area contributed by atoms with Crippen molar-refractivity contribution in [3.8, 4) is 0 Å². The summed E-state index contributed by atoms with van der Waals surface area (Å²) < 4.78 is 17.4. The van der Waals surface area contributed by atoms with Crippen LogP contribution in [0.4, 0.5) is 0 Å². The van der Waals surface area contributed by atoms with Crippen molar-refractivity contribution >= 4 is 22.5 Å². The summed E-state index contributed by atoms with van der Waals surface area (Å²) in [5.41, 5.74) is 0. The van der Waals surface area contributed by atoms with Gasteiger partial charge in [-0.25, -0.2) is 0 Å². The number of nitrogens with one attached hydrogen (secondary N) is 1. The normalized spacial score (nSPS) is 16.3. The van der Waals surface area contributed by atoms with Crippen LogP contribution < -0.4 is 0 Å². The van der Waals surface area contributed by atoms with Crippen molar-refractivity contribution in [2.75, 3.05) is 7.11 Å². The molecular weight excluding hydrogens is 298 g/mol. The Bertz CT molecular complexity index is 346. The molecule has 124 valence electrons. The van der Waals surface area contributed by atoms with Crippen LogP contribution >= 0.6 is 0 Å². The molecule has 0 bridgehead atoms. The predicted molar refractivity (Wildman–Crippen MR) is 94.7 cm³/mol. The van der Waals surface area contributed by atoms with E-state index in [1.54, 1.807) is 13.7 Å². The zero-order valence-corrected chi connectivity index (χ0v) is 17.5. The maximum Gasteiger partial charge on any atom is 0.244 e. The molecule has 0 rings (SSSR count). The van der Waals surface area contributed by atoms with Crippen LogP contribution in [0.1, 0.15) is 27.7 Å². The summed E-state index contributed by atoms with van der Waals surface area (Å²) in [5, 5.41) is 8.38. The van der Waals surface area contributed by atoms with Gasteiger partial charge in [-0.2, -0.15) is 4.74 Å². The summed E-state index contributed by atoms with van der Waals surface area (Å²) in [5.74, 6) is -0.0157. The fourth-order valence-corrected chi connectivity index (χ4v) is 3.87. The lowest BCUT2D eigenvalue weighted by atomic mass is 10.1. The van der Waals surface area contributed by atoms with Crippen LogP contribution in [0.2, 0.25) is 37.8 Å². The second-order valence-corrected chi connectivity index (χ2v) is 17.2. The SMILES string of the molecule is CO[CH+][C@H](C(=N)O[Si](C)(C)C)[C@@H](C)O[Si](C)(C)C(C)(C)C. The highest BCUT2D eigenvalue weighted by atomic mass is 28.4. The highest BCUT2D eigenvalue weighted by Crippen LogP contribution is 2.38. The Morgan fingerprint density at radius 1 is 1.10 bits per heavy atom. The first kappa shape index (κ1) is 20.7. The van der Waals surface area contributed by atoms with Crippen LogP contribution in [-0.4, -0.2) is 35.7 Å². The number of rotatable bonds is 7. The molecule has 21 heavy (non-hydrogen) atoms. The van der Waals surface area contributed by atoms with Gasteiger partial charge in [-0.1, -0.05) is 20.8 Å². The van der Waals surface area contributed by atoms with Crippen molar-refractivity contribution < 1.29 is 13.6 Å². The Morgan fingerprint density at radius 2 is 1.57 bits per heavy atom. The van der Waals surface area contributed by atoms with E-state index in [1.165, 1.54) is 0 Å². The van der Waals surface area contributed by atoms with Crippen molar-refractivity contribution in [1.82, 2.24) is 0 Å². The summed E-state index contributed by atoms with van der Waals surface area (Å²) in [7, 11) is -2.07. The Morgan fingerprint density at radius 3 is 1.90 bits per heavy atom. The summed E-state index contributed by atoms with van der Waals surface area (Å²) >= 11 is 0. The third kappa shape index (κ3) is 6.99. The van der Waals surface area contributed by atoms with Crippen LogP contribution in [0.5, 0.6) is 0 Å². The molecule has 0 heterocycles. The van der Waals surface area contributed by atoms with Crippen LogP contribution in [-0.2, 0) is 13.6 Å². The van der Waals surface area contributed by atoms with Gasteiger partial charge in [0.2, 0.25) is 26.7 Å². The Balaban J connectivity index is 5.00. The summed E-state index contributed by atoms with van der Waals surface area (Å²) in [6, 6.07) is 0. The fourth-order valence-electron chi connectivity index (χ4n) is 1.64. The van der Waals surface area contributed by atoms with Crippen molar-refractivity contribution in [3.63, 3.8) is 0 Å². The Kier molecular flexibility index (Phi) is 7.20. The monoisotopic (exact) mass is 332 g/mol. The Labute approximate surface area is 133 Å². The maximum atomic E-state index is 8.24. The van der Waals surface area contributed by atoms with E-state index in [1.807, 2.05) is 6.92 Å². The van der Waals surface area contributed by atoms with Gasteiger partial charge in [-0.15, -0.1) is 0 Å². The minimum absolute atomic E-state index is 0.130. The lowest BCUT2D eigenvalue weighted by Crippen LogP contribution is -2.47. The molecular formula is C15H34NO3Si2+. The molecule has 0 aromatic carbocycles. The van der Waals surface area contributed by atoms with Crippen molar-refractivity contribution in [2.45, 2.75) is 71.6 Å². The molecule has 0 aromatic heterocycles. The average Bonchev–Trinajstić information content (AvgIpc) is 2.20. The molecule has 0 amide bonds. The van der Waals surface area contributed by atoms with Gasteiger partial charge in [-0.05, 0) is 44.7 Å². The van der Waals surface area contributed by atoms with E-state index in [-0.39, 0.29) is 23.0 Å². The number of methoxy groups -OCH3 is 1. The summed E-state index contributed by atoms with van der Waals surface area (Å²) in [4.78, 5) is 0. The highest BCUT2D eigenvalue weighted by Gasteiger charge is 2.43. The van der Waals surface area contributed by atoms with Gasteiger partial charge in [0.1, 0.15) is 0 Å². The van der Waals surface area contributed by atoms with E-state index < -0.39 is 16.6 Å². The smallest absolute Gasteiger partial charge is 0.244 e. The summed E-state index contributed by atoms with van der Waals surface area (Å²) in [6.45, 7) is 21.0. The minimum Gasteiger partial charge on any atom is -0.531 e. The van der Waals surface area contributed by atoms with Crippen molar-refractivity contribution in [3.05, 3.63) is 6.61 Å². The molecule has 0 aliphatic carbocycles. The predicted octanol–water partition coefficient (Wildman–Crippen LogP) is 4.65. The third-order valence-electron chi connectivity index (χ3n) is 3.79. The second-order valence-electron chi connectivity index (χ2n) is 8.06. The molecule has 0 aromatic rings. The topological polar surface area (TPSA) is 51.5 Å². The van der Waals surface area contributed by atoms with Gasteiger partial charge in [0.05, 0.1) is 13.2 Å². The average molecular weight is 333 g/mol. The fraction of sp³-hybridized carbons (Fsp3) is 0.867. The van der Waals surface area contributed by atoms with Crippen LogP contribution in [0.15, 0.2) is 0 Å². The standard InChI is InChI=1S/C15H34NO3Si2/c1-12(18-21(9,10)15(2,3)4)13(11-17-5)14(16)19-20(6,7)8/h11-13,16H,1-10H3/q+1/t12-,13+/m1/s1. The molecule has 0 saturated heterocycles. The van der Waals surface area contributed by atoms with E-state index in [0.717, 1.165) is 0 Å². The highest BCUT2D eigenvalue weighted by molar-refractivity contribution is 6.74. The molecule has 2 atom stereocenters. The molecule has 0 aliphatic rings. The van der Waals surface area contributed by atoms with E-state index >= 15 is 0 Å². The van der Waals surface area contributed by atoms with E-state index in [4.69, 9.17) is 19.0 Å². The lowest BCUT2D eigenvalue weighted by molar-refractivity contribution is 0.127. The third-order valence-corrected chi connectivity index (χ3v) is 9.20. The molecule has 0 saturated carbocycles. The quantitative estimate of drug-likeness (QED) is 0.319. The molecule has 4 nitrogen and oxygen atoms in total. The van der Waals surface area contributed by atoms with Gasteiger partial charge in [0.15, 0.2) is 8.32 Å². The first-order valence-electron chi connectivity index (χ1n) is 7.52. The van der Waals surface area contributed by atoms with Crippen molar-refractivity contribution in [2.24, 2.45) is 5.92 Å². The largest absolute Gasteiger partial charge is 0.531 e. The number of hydrogen-bond acceptors (Lipinski definition) is 4. The van der Waals surface area contributed by atoms with E-state index in [0.29, 0.717) is 0 Å². The first-order chi connectivity index (χ1) is 9.21. The van der Waals surface area contributed by atoms with Gasteiger partial charge < -0.3 is 8.85 Å². The zero-order valence-electron chi connectivity index (χ0n) is 15.5. The van der Waals surface area contributed by atoms with Crippen LogP contribution in [0, 0.1) is 17.9 Å². The van der Waals surface area contributed by atoms with Gasteiger partial charge in [0.25, 0.3) is 0 Å². The molecule has 6 heteroatoms. The molecule has 1 N–H and O–H groups in total. The lowest BCUT2D eigenvalue weighted by Gasteiger charge is -2.39. The van der Waals surface area contributed by atoms with E-state index in [2.05, 4.69) is 53.5 Å². The number of ether oxygens (including phenoxy) is 1. The molecule has 0 fully saturated rings. The number of hydrogen-bond donors (Lipinski definition) is 1.